The Labute approximate surface area is 186 Å². The molecule has 7 nitrogen and oxygen atoms in total. The lowest BCUT2D eigenvalue weighted by atomic mass is 10.1. The Hall–Kier alpha value is -3.84. The molecule has 32 heavy (non-hydrogen) atoms. The Kier molecular flexibility index (Phi) is 8.22. The van der Waals surface area contributed by atoms with Crippen molar-refractivity contribution in [2.45, 2.75) is 6.92 Å². The highest BCUT2D eigenvalue weighted by Crippen LogP contribution is 2.30. The number of hydrogen-bond acceptors (Lipinski definition) is 6. The topological polar surface area (TPSA) is 83.1 Å². The molecule has 0 saturated heterocycles. The van der Waals surface area contributed by atoms with Crippen molar-refractivity contribution >= 4 is 22.8 Å². The average molecular weight is 435 g/mol. The molecule has 0 saturated carbocycles. The van der Waals surface area contributed by atoms with Gasteiger partial charge in [-0.15, -0.1) is 0 Å². The quantitative estimate of drug-likeness (QED) is 0.278. The maximum Gasteiger partial charge on any atom is 0.412 e. The first-order chi connectivity index (χ1) is 15.5. The van der Waals surface area contributed by atoms with Crippen LogP contribution < -0.4 is 14.8 Å². The number of rotatable bonds is 10. The van der Waals surface area contributed by atoms with Gasteiger partial charge in [0.15, 0.2) is 0 Å². The van der Waals surface area contributed by atoms with Gasteiger partial charge in [0.1, 0.15) is 23.9 Å². The summed E-state index contributed by atoms with van der Waals surface area (Å²) < 4.78 is 21.5. The second-order valence-corrected chi connectivity index (χ2v) is 6.90. The van der Waals surface area contributed by atoms with Crippen LogP contribution in [0.3, 0.4) is 0 Å². The summed E-state index contributed by atoms with van der Waals surface area (Å²) in [6.07, 6.45) is -0.584. The molecule has 0 fully saturated rings. The molecule has 0 aliphatic rings. The molecule has 3 rings (SSSR count). The maximum atomic E-state index is 12.1. The fourth-order valence-corrected chi connectivity index (χ4v) is 2.79. The molecule has 3 aromatic rings. The largest absolute Gasteiger partial charge is 0.460 e. The van der Waals surface area contributed by atoms with Crippen molar-refractivity contribution in [3.8, 4) is 17.2 Å². The zero-order valence-electron chi connectivity index (χ0n) is 17.8. The number of amides is 1. The van der Waals surface area contributed by atoms with E-state index in [2.05, 4.69) is 11.9 Å². The van der Waals surface area contributed by atoms with Gasteiger partial charge in [0, 0.05) is 17.5 Å². The number of para-hydroxylation sites is 1. The molecule has 3 aromatic carbocycles. The van der Waals surface area contributed by atoms with Crippen molar-refractivity contribution in [1.29, 1.82) is 0 Å². The van der Waals surface area contributed by atoms with E-state index >= 15 is 0 Å². The number of nitrogens with one attached hydrogen (secondary N) is 1. The predicted octanol–water partition coefficient (Wildman–Crippen LogP) is 4.86. The Morgan fingerprint density at radius 2 is 1.72 bits per heavy atom. The molecule has 0 atom stereocenters. The fourth-order valence-electron chi connectivity index (χ4n) is 2.79. The standard InChI is InChI=1S/C25H25NO6/c1-18(2)24(27)30-16-15-29-14-13-26-25(28)32-23-10-6-7-19-17-21(11-12-22(19)23)31-20-8-4-3-5-9-20/h3-12,17H,1,13-16H2,2H3,(H,26,28). The summed E-state index contributed by atoms with van der Waals surface area (Å²) in [5.41, 5.74) is 0.336. The molecular formula is C25H25NO6. The van der Waals surface area contributed by atoms with Crippen LogP contribution in [0, 0.1) is 0 Å². The minimum absolute atomic E-state index is 0.127. The monoisotopic (exact) mass is 435 g/mol. The van der Waals surface area contributed by atoms with Gasteiger partial charge in [-0.2, -0.15) is 0 Å². The predicted molar refractivity (Wildman–Crippen MR) is 121 cm³/mol. The van der Waals surface area contributed by atoms with Gasteiger partial charge < -0.3 is 24.3 Å². The number of benzene rings is 3. The minimum atomic E-state index is -0.584. The van der Waals surface area contributed by atoms with Crippen LogP contribution in [0.25, 0.3) is 10.8 Å². The van der Waals surface area contributed by atoms with E-state index in [1.165, 1.54) is 0 Å². The second kappa shape index (κ2) is 11.5. The van der Waals surface area contributed by atoms with Crippen LogP contribution in [0.15, 0.2) is 78.9 Å². The minimum Gasteiger partial charge on any atom is -0.460 e. The molecule has 0 aliphatic carbocycles. The van der Waals surface area contributed by atoms with Crippen LogP contribution in [0.1, 0.15) is 6.92 Å². The number of esters is 1. The van der Waals surface area contributed by atoms with E-state index in [0.29, 0.717) is 17.1 Å². The summed E-state index contributed by atoms with van der Waals surface area (Å²) >= 11 is 0. The molecule has 1 amide bonds. The smallest absolute Gasteiger partial charge is 0.412 e. The maximum absolute atomic E-state index is 12.1. The lowest BCUT2D eigenvalue weighted by Crippen LogP contribution is -2.30. The van der Waals surface area contributed by atoms with Gasteiger partial charge in [-0.1, -0.05) is 36.9 Å². The van der Waals surface area contributed by atoms with E-state index in [9.17, 15) is 9.59 Å². The number of hydrogen-bond donors (Lipinski definition) is 1. The molecule has 0 unspecified atom stereocenters. The summed E-state index contributed by atoms with van der Waals surface area (Å²) in [6.45, 7) is 5.94. The van der Waals surface area contributed by atoms with Gasteiger partial charge in [-0.3, -0.25) is 0 Å². The van der Waals surface area contributed by atoms with E-state index < -0.39 is 12.1 Å². The van der Waals surface area contributed by atoms with Crippen molar-refractivity contribution < 1.29 is 28.5 Å². The Bertz CT molecular complexity index is 1080. The van der Waals surface area contributed by atoms with Crippen molar-refractivity contribution in [1.82, 2.24) is 5.32 Å². The molecule has 1 N–H and O–H groups in total. The van der Waals surface area contributed by atoms with Crippen LogP contribution in [0.5, 0.6) is 17.2 Å². The second-order valence-electron chi connectivity index (χ2n) is 6.90. The first-order valence-electron chi connectivity index (χ1n) is 10.1. The van der Waals surface area contributed by atoms with Crippen LogP contribution in [-0.4, -0.2) is 38.4 Å². The Morgan fingerprint density at radius 1 is 0.906 bits per heavy atom. The van der Waals surface area contributed by atoms with Crippen LogP contribution in [0.4, 0.5) is 4.79 Å². The third kappa shape index (κ3) is 6.85. The van der Waals surface area contributed by atoms with E-state index in [0.717, 1.165) is 16.5 Å². The normalized spacial score (nSPS) is 10.4. The van der Waals surface area contributed by atoms with Gasteiger partial charge in [0.2, 0.25) is 0 Å². The first kappa shape index (κ1) is 22.8. The highest BCUT2D eigenvalue weighted by atomic mass is 16.6. The molecule has 0 aliphatic heterocycles. The molecule has 0 bridgehead atoms. The third-order valence-corrected chi connectivity index (χ3v) is 4.32. The summed E-state index contributed by atoms with van der Waals surface area (Å²) in [5, 5.41) is 4.30. The number of carbonyl (C=O) groups excluding carboxylic acids is 2. The fraction of sp³-hybridized carbons (Fsp3) is 0.200. The van der Waals surface area contributed by atoms with E-state index in [-0.39, 0.29) is 26.4 Å². The highest BCUT2D eigenvalue weighted by molar-refractivity contribution is 5.91. The third-order valence-electron chi connectivity index (χ3n) is 4.32. The highest BCUT2D eigenvalue weighted by Gasteiger charge is 2.09. The number of carbonyl (C=O) groups is 2. The number of ether oxygens (including phenoxy) is 4. The Morgan fingerprint density at radius 3 is 2.50 bits per heavy atom. The molecule has 166 valence electrons. The van der Waals surface area contributed by atoms with Crippen LogP contribution >= 0.6 is 0 Å². The Balaban J connectivity index is 1.46. The lowest BCUT2D eigenvalue weighted by Gasteiger charge is -2.11. The molecule has 7 heteroatoms. The lowest BCUT2D eigenvalue weighted by molar-refractivity contribution is -0.140. The zero-order chi connectivity index (χ0) is 22.8. The van der Waals surface area contributed by atoms with Gasteiger partial charge in [-0.05, 0) is 48.7 Å². The molecule has 0 heterocycles. The van der Waals surface area contributed by atoms with Gasteiger partial charge in [0.05, 0.1) is 13.2 Å². The van der Waals surface area contributed by atoms with Crippen LogP contribution in [-0.2, 0) is 14.3 Å². The number of fused-ring (bicyclic) bond motifs is 1. The zero-order valence-corrected chi connectivity index (χ0v) is 17.8. The van der Waals surface area contributed by atoms with Gasteiger partial charge in [-0.25, -0.2) is 9.59 Å². The average Bonchev–Trinajstić information content (AvgIpc) is 2.79. The summed E-state index contributed by atoms with van der Waals surface area (Å²) in [5.74, 6) is 1.43. The van der Waals surface area contributed by atoms with Crippen molar-refractivity contribution in [3.63, 3.8) is 0 Å². The van der Waals surface area contributed by atoms with E-state index in [1.54, 1.807) is 13.0 Å². The molecule has 0 spiro atoms. The molecular weight excluding hydrogens is 410 g/mol. The SMILES string of the molecule is C=C(C)C(=O)OCCOCCNC(=O)Oc1cccc2cc(Oc3ccccc3)ccc12. The van der Waals surface area contributed by atoms with Crippen molar-refractivity contribution in [2.75, 3.05) is 26.4 Å². The summed E-state index contributed by atoms with van der Waals surface area (Å²) in [7, 11) is 0. The van der Waals surface area contributed by atoms with Crippen molar-refractivity contribution in [3.05, 3.63) is 78.9 Å². The first-order valence-corrected chi connectivity index (χ1v) is 10.1. The molecule has 0 radical (unpaired) electrons. The van der Waals surface area contributed by atoms with Crippen LogP contribution in [0.2, 0.25) is 0 Å². The van der Waals surface area contributed by atoms with E-state index in [1.807, 2.05) is 60.7 Å². The van der Waals surface area contributed by atoms with E-state index in [4.69, 9.17) is 18.9 Å². The molecule has 0 aromatic heterocycles. The van der Waals surface area contributed by atoms with Gasteiger partial charge in [0.25, 0.3) is 0 Å². The summed E-state index contributed by atoms with van der Waals surface area (Å²) in [6, 6.07) is 20.5. The summed E-state index contributed by atoms with van der Waals surface area (Å²) in [4.78, 5) is 23.4. The van der Waals surface area contributed by atoms with Crippen molar-refractivity contribution in [2.24, 2.45) is 0 Å². The van der Waals surface area contributed by atoms with Gasteiger partial charge >= 0.3 is 12.1 Å².